The summed E-state index contributed by atoms with van der Waals surface area (Å²) in [5.74, 6) is 1.78. The highest BCUT2D eigenvalue weighted by Gasteiger charge is 2.27. The van der Waals surface area contributed by atoms with Crippen LogP contribution >= 0.6 is 0 Å². The summed E-state index contributed by atoms with van der Waals surface area (Å²) in [7, 11) is 0. The third kappa shape index (κ3) is 3.80. The molecular weight excluding hydrogens is 328 g/mol. The van der Waals surface area contributed by atoms with Crippen molar-refractivity contribution < 1.29 is 9.32 Å². The van der Waals surface area contributed by atoms with Gasteiger partial charge in [0, 0.05) is 31.1 Å². The molecule has 0 unspecified atom stereocenters. The number of rotatable bonds is 4. The van der Waals surface area contributed by atoms with E-state index < -0.39 is 0 Å². The number of amides is 1. The van der Waals surface area contributed by atoms with Gasteiger partial charge in [0.2, 0.25) is 5.89 Å². The molecule has 0 N–H and O–H groups in total. The highest BCUT2D eigenvalue weighted by atomic mass is 16.5. The van der Waals surface area contributed by atoms with E-state index >= 15 is 0 Å². The van der Waals surface area contributed by atoms with Gasteiger partial charge in [0.05, 0.1) is 0 Å². The molecule has 1 aromatic heterocycles. The summed E-state index contributed by atoms with van der Waals surface area (Å²) in [5.41, 5.74) is 2.03. The number of nitrogens with zero attached hydrogens (tertiary/aromatic N) is 4. The van der Waals surface area contributed by atoms with Gasteiger partial charge < -0.3 is 9.42 Å². The standard InChI is InChI=1S/C20H26N4O2/c1-15-21-19(26-22-15)17-7-11-24(12-8-17)20(25)18-6-4-5-16(13-18)14-23-9-2-3-10-23/h4-6,13,17H,2-3,7-12,14H2,1H3. The molecule has 2 aliphatic heterocycles. The fraction of sp³-hybridized carbons (Fsp3) is 0.550. The summed E-state index contributed by atoms with van der Waals surface area (Å²) in [6, 6.07) is 8.13. The predicted octanol–water partition coefficient (Wildman–Crippen LogP) is 2.99. The molecule has 0 bridgehead atoms. The molecule has 1 aromatic carbocycles. The summed E-state index contributed by atoms with van der Waals surface area (Å²) >= 11 is 0. The molecule has 4 rings (SSSR count). The number of carbonyl (C=O) groups excluding carboxylic acids is 1. The van der Waals surface area contributed by atoms with Gasteiger partial charge in [-0.15, -0.1) is 0 Å². The van der Waals surface area contributed by atoms with Crippen molar-refractivity contribution in [3.63, 3.8) is 0 Å². The summed E-state index contributed by atoms with van der Waals surface area (Å²) in [4.78, 5) is 21.6. The smallest absolute Gasteiger partial charge is 0.253 e. The lowest BCUT2D eigenvalue weighted by Gasteiger charge is -2.30. The molecule has 1 amide bonds. The Kier molecular flexibility index (Phi) is 5.02. The zero-order valence-corrected chi connectivity index (χ0v) is 15.4. The molecule has 6 heteroatoms. The Bertz CT molecular complexity index is 759. The Morgan fingerprint density at radius 1 is 1.19 bits per heavy atom. The number of hydrogen-bond donors (Lipinski definition) is 0. The van der Waals surface area contributed by atoms with E-state index in [0.29, 0.717) is 11.7 Å². The molecule has 2 fully saturated rings. The van der Waals surface area contributed by atoms with Gasteiger partial charge in [-0.05, 0) is 63.4 Å². The maximum atomic E-state index is 12.9. The molecule has 0 aliphatic carbocycles. The van der Waals surface area contributed by atoms with Crippen LogP contribution < -0.4 is 0 Å². The fourth-order valence-corrected chi connectivity index (χ4v) is 3.99. The van der Waals surface area contributed by atoms with Gasteiger partial charge in [-0.2, -0.15) is 4.98 Å². The van der Waals surface area contributed by atoms with Crippen LogP contribution in [-0.2, 0) is 6.54 Å². The van der Waals surface area contributed by atoms with Gasteiger partial charge >= 0.3 is 0 Å². The summed E-state index contributed by atoms with van der Waals surface area (Å²) in [6.45, 7) is 6.59. The van der Waals surface area contributed by atoms with Crippen LogP contribution in [0.5, 0.6) is 0 Å². The molecule has 6 nitrogen and oxygen atoms in total. The lowest BCUT2D eigenvalue weighted by molar-refractivity contribution is 0.0704. The Morgan fingerprint density at radius 3 is 2.65 bits per heavy atom. The number of likely N-dealkylation sites (tertiary alicyclic amines) is 2. The van der Waals surface area contributed by atoms with E-state index in [1.165, 1.54) is 31.5 Å². The minimum atomic E-state index is 0.133. The van der Waals surface area contributed by atoms with Crippen LogP contribution in [0.3, 0.4) is 0 Å². The van der Waals surface area contributed by atoms with Gasteiger partial charge in [0.15, 0.2) is 5.82 Å². The van der Waals surface area contributed by atoms with Crippen molar-refractivity contribution in [2.45, 2.75) is 45.1 Å². The average Bonchev–Trinajstić information content (AvgIpc) is 3.33. The third-order valence-corrected chi connectivity index (χ3v) is 5.45. The molecule has 2 aromatic rings. The van der Waals surface area contributed by atoms with Gasteiger partial charge in [-0.25, -0.2) is 0 Å². The quantitative estimate of drug-likeness (QED) is 0.845. The summed E-state index contributed by atoms with van der Waals surface area (Å²) in [5, 5.41) is 3.87. The first-order chi connectivity index (χ1) is 12.7. The Balaban J connectivity index is 1.37. The van der Waals surface area contributed by atoms with Crippen molar-refractivity contribution in [2.75, 3.05) is 26.2 Å². The molecule has 26 heavy (non-hydrogen) atoms. The molecule has 0 saturated carbocycles. The van der Waals surface area contributed by atoms with Crippen LogP contribution in [0, 0.1) is 6.92 Å². The van der Waals surface area contributed by atoms with Crippen LogP contribution in [-0.4, -0.2) is 52.0 Å². The SMILES string of the molecule is Cc1noc(C2CCN(C(=O)c3cccc(CN4CCCC4)c3)CC2)n1. The van der Waals surface area contributed by atoms with E-state index in [1.54, 1.807) is 0 Å². The summed E-state index contributed by atoms with van der Waals surface area (Å²) in [6.07, 6.45) is 4.32. The lowest BCUT2D eigenvalue weighted by Crippen LogP contribution is -2.38. The molecule has 0 atom stereocenters. The van der Waals surface area contributed by atoms with Gasteiger partial charge in [0.25, 0.3) is 5.91 Å². The minimum absolute atomic E-state index is 0.133. The largest absolute Gasteiger partial charge is 0.339 e. The molecule has 2 saturated heterocycles. The van der Waals surface area contributed by atoms with Crippen molar-refractivity contribution in [1.29, 1.82) is 0 Å². The second-order valence-corrected chi connectivity index (χ2v) is 7.43. The van der Waals surface area contributed by atoms with Gasteiger partial charge in [-0.3, -0.25) is 9.69 Å². The van der Waals surface area contributed by atoms with Crippen molar-refractivity contribution in [3.05, 3.63) is 47.1 Å². The monoisotopic (exact) mass is 354 g/mol. The molecule has 2 aliphatic rings. The maximum absolute atomic E-state index is 12.9. The van der Waals surface area contributed by atoms with Crippen LogP contribution in [0.1, 0.15) is 59.2 Å². The molecule has 138 valence electrons. The molecule has 0 radical (unpaired) electrons. The molecule has 0 spiro atoms. The van der Waals surface area contributed by atoms with E-state index in [4.69, 9.17) is 4.52 Å². The number of aromatic nitrogens is 2. The van der Waals surface area contributed by atoms with E-state index in [2.05, 4.69) is 27.2 Å². The van der Waals surface area contributed by atoms with E-state index in [1.807, 2.05) is 24.0 Å². The second-order valence-electron chi connectivity index (χ2n) is 7.43. The normalized spacial score (nSPS) is 19.2. The van der Waals surface area contributed by atoms with Crippen LogP contribution in [0.4, 0.5) is 0 Å². The predicted molar refractivity (Wildman–Crippen MR) is 97.9 cm³/mol. The minimum Gasteiger partial charge on any atom is -0.339 e. The third-order valence-electron chi connectivity index (χ3n) is 5.45. The van der Waals surface area contributed by atoms with Gasteiger partial charge in [-0.1, -0.05) is 17.3 Å². The second kappa shape index (κ2) is 7.58. The van der Waals surface area contributed by atoms with E-state index in [0.717, 1.165) is 38.0 Å². The van der Waals surface area contributed by atoms with Crippen molar-refractivity contribution in [3.8, 4) is 0 Å². The lowest BCUT2D eigenvalue weighted by atomic mass is 9.96. The molecule has 3 heterocycles. The first-order valence-corrected chi connectivity index (χ1v) is 9.60. The zero-order chi connectivity index (χ0) is 17.9. The highest BCUT2D eigenvalue weighted by Crippen LogP contribution is 2.27. The number of piperidine rings is 1. The number of benzene rings is 1. The average molecular weight is 354 g/mol. The summed E-state index contributed by atoms with van der Waals surface area (Å²) < 4.78 is 5.29. The Morgan fingerprint density at radius 2 is 1.96 bits per heavy atom. The molecular formula is C20H26N4O2. The van der Waals surface area contributed by atoms with Crippen LogP contribution in [0.2, 0.25) is 0 Å². The van der Waals surface area contributed by atoms with E-state index in [-0.39, 0.29) is 11.8 Å². The number of hydrogen-bond acceptors (Lipinski definition) is 5. The van der Waals surface area contributed by atoms with Crippen molar-refractivity contribution in [2.24, 2.45) is 0 Å². The maximum Gasteiger partial charge on any atom is 0.253 e. The number of aryl methyl sites for hydroxylation is 1. The highest BCUT2D eigenvalue weighted by molar-refractivity contribution is 5.94. The Labute approximate surface area is 154 Å². The van der Waals surface area contributed by atoms with Crippen LogP contribution in [0.15, 0.2) is 28.8 Å². The zero-order valence-electron chi connectivity index (χ0n) is 15.4. The van der Waals surface area contributed by atoms with Crippen LogP contribution in [0.25, 0.3) is 0 Å². The fourth-order valence-electron chi connectivity index (χ4n) is 3.99. The van der Waals surface area contributed by atoms with Gasteiger partial charge in [0.1, 0.15) is 0 Å². The first kappa shape index (κ1) is 17.2. The van der Waals surface area contributed by atoms with E-state index in [9.17, 15) is 4.79 Å². The van der Waals surface area contributed by atoms with Crippen molar-refractivity contribution >= 4 is 5.91 Å². The number of carbonyl (C=O) groups is 1. The topological polar surface area (TPSA) is 62.5 Å². The Hall–Kier alpha value is -2.21. The first-order valence-electron chi connectivity index (χ1n) is 9.60. The van der Waals surface area contributed by atoms with Crippen molar-refractivity contribution in [1.82, 2.24) is 19.9 Å².